The maximum Gasteiger partial charge on any atom is 0.337 e. The van der Waals surface area contributed by atoms with E-state index in [1.807, 2.05) is 25.1 Å². The lowest BCUT2D eigenvalue weighted by molar-refractivity contribution is -0.137. The third-order valence-corrected chi connectivity index (χ3v) is 6.95. The molecule has 0 bridgehead atoms. The molecule has 1 N–H and O–H groups in total. The van der Waals surface area contributed by atoms with Crippen LogP contribution in [0.5, 0.6) is 0 Å². The number of hydrogen-bond acceptors (Lipinski definition) is 6. The number of ether oxygens (including phenoxy) is 2. The summed E-state index contributed by atoms with van der Waals surface area (Å²) in [6.07, 6.45) is 3.86. The van der Waals surface area contributed by atoms with Crippen LogP contribution in [-0.4, -0.2) is 55.0 Å². The number of nitrogens with zero attached hydrogens (tertiary/aromatic N) is 2. The highest BCUT2D eigenvalue weighted by Gasteiger charge is 2.53. The summed E-state index contributed by atoms with van der Waals surface area (Å²) in [6, 6.07) is 6.01. The van der Waals surface area contributed by atoms with Crippen molar-refractivity contribution in [3.63, 3.8) is 0 Å². The molecule has 29 heavy (non-hydrogen) atoms. The van der Waals surface area contributed by atoms with E-state index in [0.717, 1.165) is 48.5 Å². The standard InChI is InChI=1S/C23H30N2O4/c1-5-15-12-25-10-9-23(27)20-14(2)7-6-8-18(20)24-21(23)19(25)11-16(15)17(13-28-3)22(26)29-4/h6-8,13,15-16,19,27H,5,9-12H2,1-4H3/b17-13+/t15-,16+,19+,23+/m1/s1. The largest absolute Gasteiger partial charge is 0.504 e. The van der Waals surface area contributed by atoms with E-state index in [0.29, 0.717) is 17.9 Å². The number of benzene rings is 1. The van der Waals surface area contributed by atoms with Crippen LogP contribution in [0.25, 0.3) is 0 Å². The first-order valence-electron chi connectivity index (χ1n) is 10.4. The van der Waals surface area contributed by atoms with Crippen molar-refractivity contribution in [2.75, 3.05) is 27.3 Å². The average molecular weight is 399 g/mol. The van der Waals surface area contributed by atoms with Gasteiger partial charge in [-0.15, -0.1) is 0 Å². The molecule has 6 nitrogen and oxygen atoms in total. The van der Waals surface area contributed by atoms with Gasteiger partial charge in [-0.25, -0.2) is 4.79 Å². The summed E-state index contributed by atoms with van der Waals surface area (Å²) in [5.41, 5.74) is 3.29. The normalized spacial score (nSPS) is 31.4. The van der Waals surface area contributed by atoms with E-state index in [2.05, 4.69) is 11.8 Å². The third-order valence-electron chi connectivity index (χ3n) is 6.95. The average Bonchev–Trinajstić information content (AvgIpc) is 3.04. The van der Waals surface area contributed by atoms with Crippen LogP contribution in [0.4, 0.5) is 5.69 Å². The van der Waals surface area contributed by atoms with E-state index in [9.17, 15) is 9.90 Å². The second-order valence-corrected chi connectivity index (χ2v) is 8.40. The Balaban J connectivity index is 1.72. The Bertz CT molecular complexity index is 878. The number of methoxy groups -OCH3 is 2. The molecule has 0 unspecified atom stereocenters. The van der Waals surface area contributed by atoms with Crippen molar-refractivity contribution in [1.82, 2.24) is 4.90 Å². The van der Waals surface area contributed by atoms with Gasteiger partial charge < -0.3 is 14.6 Å². The van der Waals surface area contributed by atoms with Gasteiger partial charge in [-0.2, -0.15) is 0 Å². The number of aliphatic hydroxyl groups is 1. The SMILES string of the molecule is CC[C@@H]1CN2CC[C@@]3(O)C(=Nc4cccc(C)c43)[C@@H]2C[C@@H]1/C(=C\OC)C(=O)OC. The predicted octanol–water partition coefficient (Wildman–Crippen LogP) is 3.09. The van der Waals surface area contributed by atoms with Crippen LogP contribution in [0.15, 0.2) is 35.0 Å². The van der Waals surface area contributed by atoms with E-state index in [1.54, 1.807) is 7.11 Å². The van der Waals surface area contributed by atoms with Crippen LogP contribution in [0.2, 0.25) is 0 Å². The van der Waals surface area contributed by atoms with E-state index in [4.69, 9.17) is 14.5 Å². The fraction of sp³-hybridized carbons (Fsp3) is 0.565. The van der Waals surface area contributed by atoms with Gasteiger partial charge in [-0.05, 0) is 43.2 Å². The molecule has 0 aliphatic carbocycles. The minimum atomic E-state index is -1.01. The van der Waals surface area contributed by atoms with Crippen molar-refractivity contribution < 1.29 is 19.4 Å². The molecule has 2 saturated heterocycles. The van der Waals surface area contributed by atoms with Gasteiger partial charge >= 0.3 is 5.97 Å². The summed E-state index contributed by atoms with van der Waals surface area (Å²) in [7, 11) is 2.96. The Morgan fingerprint density at radius 2 is 2.21 bits per heavy atom. The molecule has 0 saturated carbocycles. The molecular weight excluding hydrogens is 368 g/mol. The van der Waals surface area contributed by atoms with Crippen molar-refractivity contribution in [3.8, 4) is 0 Å². The number of rotatable bonds is 4. The second kappa shape index (κ2) is 7.58. The zero-order valence-electron chi connectivity index (χ0n) is 17.6. The summed E-state index contributed by atoms with van der Waals surface area (Å²) < 4.78 is 10.3. The maximum absolute atomic E-state index is 12.5. The first kappa shape index (κ1) is 20.1. The molecule has 1 aromatic rings. The van der Waals surface area contributed by atoms with Gasteiger partial charge in [0.2, 0.25) is 0 Å². The first-order valence-corrected chi connectivity index (χ1v) is 10.4. The van der Waals surface area contributed by atoms with Gasteiger partial charge in [0.05, 0.1) is 43.5 Å². The summed E-state index contributed by atoms with van der Waals surface area (Å²) in [4.78, 5) is 19.8. The highest BCUT2D eigenvalue weighted by atomic mass is 16.5. The minimum absolute atomic E-state index is 0.00161. The van der Waals surface area contributed by atoms with Gasteiger partial charge in [0.25, 0.3) is 0 Å². The number of aliphatic imine (C=N–C) groups is 1. The van der Waals surface area contributed by atoms with Crippen molar-refractivity contribution in [2.45, 2.75) is 44.8 Å². The van der Waals surface area contributed by atoms with Crippen molar-refractivity contribution in [2.24, 2.45) is 16.8 Å². The van der Waals surface area contributed by atoms with Crippen LogP contribution in [0.1, 0.15) is 37.3 Å². The van der Waals surface area contributed by atoms with Crippen LogP contribution in [0, 0.1) is 18.8 Å². The monoisotopic (exact) mass is 398 g/mol. The first-order chi connectivity index (χ1) is 13.9. The molecule has 4 rings (SSSR count). The third kappa shape index (κ3) is 3.09. The lowest BCUT2D eigenvalue weighted by Gasteiger charge is -2.50. The van der Waals surface area contributed by atoms with E-state index >= 15 is 0 Å². The molecule has 0 radical (unpaired) electrons. The number of esters is 1. The topological polar surface area (TPSA) is 71.4 Å². The molecule has 0 amide bonds. The number of carbonyl (C=O) groups excluding carboxylic acids is 1. The molecule has 156 valence electrons. The summed E-state index contributed by atoms with van der Waals surface area (Å²) >= 11 is 0. The number of aryl methyl sites for hydroxylation is 1. The zero-order valence-corrected chi connectivity index (χ0v) is 17.6. The molecule has 0 aromatic heterocycles. The molecule has 2 fully saturated rings. The van der Waals surface area contributed by atoms with Crippen LogP contribution >= 0.6 is 0 Å². The van der Waals surface area contributed by atoms with Crippen LogP contribution in [0.3, 0.4) is 0 Å². The highest BCUT2D eigenvalue weighted by Crippen LogP contribution is 2.49. The smallest absolute Gasteiger partial charge is 0.337 e. The van der Waals surface area contributed by atoms with Gasteiger partial charge in [0.15, 0.2) is 0 Å². The molecule has 1 aromatic carbocycles. The zero-order chi connectivity index (χ0) is 20.8. The van der Waals surface area contributed by atoms with Gasteiger partial charge in [0, 0.05) is 18.7 Å². The highest BCUT2D eigenvalue weighted by molar-refractivity contribution is 6.05. The Hall–Kier alpha value is -2.18. The molecular formula is C23H30N2O4. The lowest BCUT2D eigenvalue weighted by atomic mass is 9.70. The Labute approximate surface area is 172 Å². The summed E-state index contributed by atoms with van der Waals surface area (Å²) in [5, 5.41) is 11.7. The quantitative estimate of drug-likeness (QED) is 0.479. The molecule has 3 aliphatic heterocycles. The van der Waals surface area contributed by atoms with E-state index in [1.165, 1.54) is 13.4 Å². The molecule has 4 atom stereocenters. The van der Waals surface area contributed by atoms with Crippen molar-refractivity contribution >= 4 is 17.4 Å². The van der Waals surface area contributed by atoms with Gasteiger partial charge in [-0.3, -0.25) is 9.89 Å². The predicted molar refractivity (Wildman–Crippen MR) is 111 cm³/mol. The van der Waals surface area contributed by atoms with E-state index in [-0.39, 0.29) is 17.9 Å². The van der Waals surface area contributed by atoms with Crippen molar-refractivity contribution in [1.29, 1.82) is 0 Å². The number of fused-ring (bicyclic) bond motifs is 5. The Morgan fingerprint density at radius 1 is 1.41 bits per heavy atom. The Kier molecular flexibility index (Phi) is 5.25. The maximum atomic E-state index is 12.5. The fourth-order valence-electron chi connectivity index (χ4n) is 5.54. The second-order valence-electron chi connectivity index (χ2n) is 8.40. The molecule has 6 heteroatoms. The fourth-order valence-corrected chi connectivity index (χ4v) is 5.54. The molecule has 0 spiro atoms. The minimum Gasteiger partial charge on any atom is -0.504 e. The number of hydrogen-bond donors (Lipinski definition) is 1. The molecule has 3 heterocycles. The van der Waals surface area contributed by atoms with Crippen LogP contribution < -0.4 is 0 Å². The van der Waals surface area contributed by atoms with E-state index < -0.39 is 5.60 Å². The lowest BCUT2D eigenvalue weighted by Crippen LogP contribution is -2.60. The number of piperidine rings is 2. The molecule has 3 aliphatic rings. The van der Waals surface area contributed by atoms with Crippen LogP contribution in [-0.2, 0) is 19.9 Å². The van der Waals surface area contributed by atoms with Gasteiger partial charge in [0.1, 0.15) is 5.60 Å². The number of carbonyl (C=O) groups is 1. The van der Waals surface area contributed by atoms with Gasteiger partial charge in [-0.1, -0.05) is 25.5 Å². The summed E-state index contributed by atoms with van der Waals surface area (Å²) in [5.74, 6) is -0.0186. The Morgan fingerprint density at radius 3 is 2.90 bits per heavy atom. The van der Waals surface area contributed by atoms with Crippen molar-refractivity contribution in [3.05, 3.63) is 41.2 Å². The summed E-state index contributed by atoms with van der Waals surface area (Å²) in [6.45, 7) is 5.88.